The Morgan fingerprint density at radius 2 is 1.59 bits per heavy atom. The molecule has 0 heterocycles. The minimum Gasteiger partial charge on any atom is -1.00 e. The van der Waals surface area contributed by atoms with Crippen LogP contribution in [-0.2, 0) is 26.2 Å². The maximum absolute atomic E-state index is 3.54. The van der Waals surface area contributed by atoms with Crippen LogP contribution in [-0.4, -0.2) is 0 Å². The summed E-state index contributed by atoms with van der Waals surface area (Å²) >= 11 is 0. The fourth-order valence-corrected chi connectivity index (χ4v) is 4.41. The molecule has 1 saturated carbocycles. The maximum atomic E-state index is 3.54. The van der Waals surface area contributed by atoms with Crippen molar-refractivity contribution in [1.82, 2.24) is 0 Å². The molecule has 1 atom stereocenters. The first-order valence-corrected chi connectivity index (χ1v) is 9.27. The van der Waals surface area contributed by atoms with E-state index in [1.54, 1.807) is 5.56 Å². The van der Waals surface area contributed by atoms with Crippen LogP contribution in [0.1, 0.15) is 55.6 Å². The number of halogens is 2. The molecule has 0 spiro atoms. The first kappa shape index (κ1) is 24.4. The van der Waals surface area contributed by atoms with Gasteiger partial charge in [0.1, 0.15) is 0 Å². The molecule has 0 N–H and O–H groups in total. The topological polar surface area (TPSA) is 0 Å². The Hall–Kier alpha value is -0.617. The number of hydrogen-bond acceptors (Lipinski definition) is 0. The molecule has 3 aliphatic rings. The van der Waals surface area contributed by atoms with Crippen molar-refractivity contribution in [2.75, 3.05) is 0 Å². The van der Waals surface area contributed by atoms with Gasteiger partial charge in [0.2, 0.25) is 0 Å². The molecule has 0 radical (unpaired) electrons. The summed E-state index contributed by atoms with van der Waals surface area (Å²) in [6.45, 7) is 0. The molecular weight excluding hydrogens is 450 g/mol. The van der Waals surface area contributed by atoms with E-state index < -0.39 is 0 Å². The van der Waals surface area contributed by atoms with Gasteiger partial charge in [-0.2, -0.15) is 30.3 Å². The van der Waals surface area contributed by atoms with Gasteiger partial charge in [-0.25, -0.2) is 12.2 Å². The van der Waals surface area contributed by atoms with E-state index in [1.807, 2.05) is 12.2 Å². The predicted octanol–water partition coefficient (Wildman–Crippen LogP) is 0.491. The van der Waals surface area contributed by atoms with Crippen LogP contribution in [0.3, 0.4) is 0 Å². The largest absolute Gasteiger partial charge is 4.00 e. The summed E-state index contributed by atoms with van der Waals surface area (Å²) in [5.41, 5.74) is 5.88. The molecule has 0 saturated heterocycles. The first-order chi connectivity index (χ1) is 11.9. The van der Waals surface area contributed by atoms with Crippen LogP contribution in [0.4, 0.5) is 0 Å². The molecule has 3 heteroatoms. The van der Waals surface area contributed by atoms with Gasteiger partial charge in [0.05, 0.1) is 0 Å². The minimum absolute atomic E-state index is 0. The number of allylic oxidation sites excluding steroid dienone is 4. The summed E-state index contributed by atoms with van der Waals surface area (Å²) in [5.74, 6) is 1.43. The van der Waals surface area contributed by atoms with Crippen LogP contribution in [0.2, 0.25) is 0 Å². The van der Waals surface area contributed by atoms with Crippen molar-refractivity contribution in [1.29, 1.82) is 0 Å². The van der Waals surface area contributed by atoms with Crippen molar-refractivity contribution in [3.63, 3.8) is 0 Å². The Morgan fingerprint density at radius 1 is 0.852 bits per heavy atom. The molecule has 1 fully saturated rings. The van der Waals surface area contributed by atoms with Crippen molar-refractivity contribution < 1.29 is 51.0 Å². The van der Waals surface area contributed by atoms with E-state index in [0.717, 1.165) is 12.3 Å². The molecular formula is C24H24Cl2Zr. The van der Waals surface area contributed by atoms with Crippen LogP contribution in [0.25, 0.3) is 11.1 Å². The fourth-order valence-electron chi connectivity index (χ4n) is 4.41. The second-order valence-corrected chi connectivity index (χ2v) is 6.96. The Balaban J connectivity index is 0.000000402. The van der Waals surface area contributed by atoms with Crippen molar-refractivity contribution >= 4 is 0 Å². The summed E-state index contributed by atoms with van der Waals surface area (Å²) in [5, 5.41) is 0. The number of rotatable bonds is 1. The summed E-state index contributed by atoms with van der Waals surface area (Å²) in [4.78, 5) is 0. The van der Waals surface area contributed by atoms with Crippen LogP contribution in [0.15, 0.2) is 60.7 Å². The van der Waals surface area contributed by atoms with Gasteiger partial charge in [0.15, 0.2) is 0 Å². The van der Waals surface area contributed by atoms with Gasteiger partial charge < -0.3 is 24.8 Å². The van der Waals surface area contributed by atoms with Gasteiger partial charge in [-0.05, 0) is 30.2 Å². The molecule has 0 bridgehead atoms. The second kappa shape index (κ2) is 12.1. The third kappa shape index (κ3) is 5.47. The van der Waals surface area contributed by atoms with Crippen molar-refractivity contribution in [3.05, 3.63) is 84.0 Å². The zero-order valence-corrected chi connectivity index (χ0v) is 19.4. The molecule has 2 aromatic carbocycles. The molecule has 0 aliphatic heterocycles. The van der Waals surface area contributed by atoms with Gasteiger partial charge in [0, 0.05) is 0 Å². The molecule has 0 nitrogen and oxygen atoms in total. The fraction of sp³-hybridized carbons (Fsp3) is 0.333. The van der Waals surface area contributed by atoms with Crippen LogP contribution in [0, 0.1) is 18.1 Å². The average Bonchev–Trinajstić information content (AvgIpc) is 3.33. The van der Waals surface area contributed by atoms with E-state index in [-0.39, 0.29) is 51.0 Å². The van der Waals surface area contributed by atoms with Crippen LogP contribution < -0.4 is 24.8 Å². The Kier molecular flexibility index (Phi) is 10.9. The summed E-state index contributed by atoms with van der Waals surface area (Å²) in [6.07, 6.45) is 17.0. The predicted molar refractivity (Wildman–Crippen MR) is 101 cm³/mol. The molecule has 5 rings (SSSR count). The van der Waals surface area contributed by atoms with Gasteiger partial charge in [-0.3, -0.25) is 6.08 Å². The second-order valence-electron chi connectivity index (χ2n) is 6.96. The van der Waals surface area contributed by atoms with E-state index in [4.69, 9.17) is 0 Å². The van der Waals surface area contributed by atoms with Crippen molar-refractivity contribution in [2.45, 2.75) is 44.4 Å². The Morgan fingerprint density at radius 3 is 2.26 bits per heavy atom. The van der Waals surface area contributed by atoms with Crippen molar-refractivity contribution in [2.24, 2.45) is 5.92 Å². The minimum atomic E-state index is 0. The van der Waals surface area contributed by atoms with E-state index in [1.165, 1.54) is 48.8 Å². The molecule has 2 aromatic rings. The van der Waals surface area contributed by atoms with Gasteiger partial charge in [-0.15, -0.1) is 17.5 Å². The molecule has 0 amide bonds. The van der Waals surface area contributed by atoms with E-state index in [2.05, 4.69) is 60.7 Å². The van der Waals surface area contributed by atoms with E-state index in [9.17, 15) is 0 Å². The van der Waals surface area contributed by atoms with Crippen molar-refractivity contribution in [3.8, 4) is 11.1 Å². The van der Waals surface area contributed by atoms with Gasteiger partial charge in [0.25, 0.3) is 0 Å². The molecule has 3 aliphatic carbocycles. The molecule has 1 unspecified atom stereocenters. The zero-order chi connectivity index (χ0) is 16.2. The van der Waals surface area contributed by atoms with Gasteiger partial charge in [-0.1, -0.05) is 49.1 Å². The number of benzene rings is 2. The average molecular weight is 475 g/mol. The first-order valence-electron chi connectivity index (χ1n) is 9.27. The van der Waals surface area contributed by atoms with Gasteiger partial charge >= 0.3 is 26.2 Å². The van der Waals surface area contributed by atoms with E-state index in [0.29, 0.717) is 5.92 Å². The number of fused-ring (bicyclic) bond motifs is 3. The monoisotopic (exact) mass is 472 g/mol. The maximum Gasteiger partial charge on any atom is 4.00 e. The third-order valence-electron chi connectivity index (χ3n) is 5.49. The summed E-state index contributed by atoms with van der Waals surface area (Å²) in [7, 11) is 0. The Labute approximate surface area is 195 Å². The third-order valence-corrected chi connectivity index (χ3v) is 5.49. The standard InChI is InChI=1S/C19H19.C5H5.2ClH.Zr/c1-2-8-14(9-3-1)19-17-12-6-4-10-15(17)16-11-5-7-13-18(16)19;1-2-4-5-3-1;;;/h4-7,10-12,14,19H,1-3,8-9H2;1-3H,4H2;2*1H;/q2*-1;;;+4/p-2. The zero-order valence-electron chi connectivity index (χ0n) is 15.4. The number of hydrogen-bond donors (Lipinski definition) is 0. The normalized spacial score (nSPS) is 18.7. The quantitative estimate of drug-likeness (QED) is 0.528. The molecule has 0 aromatic heterocycles. The summed E-state index contributed by atoms with van der Waals surface area (Å²) in [6, 6.07) is 19.0. The SMILES string of the molecule is [C-]1=CC=CC1.[Cl-].[Cl-].[Zr+4].[c-]1cccc2c1C(C1CCCCC1)c1ccccc1-2. The van der Waals surface area contributed by atoms with Crippen LogP contribution in [0.5, 0.6) is 0 Å². The van der Waals surface area contributed by atoms with E-state index >= 15 is 0 Å². The summed E-state index contributed by atoms with van der Waals surface area (Å²) < 4.78 is 0. The van der Waals surface area contributed by atoms with Crippen LogP contribution >= 0.6 is 0 Å². The smallest absolute Gasteiger partial charge is 1.00 e. The molecule has 27 heavy (non-hydrogen) atoms. The molecule has 138 valence electrons. The Bertz CT molecular complexity index is 705.